The highest BCUT2D eigenvalue weighted by Gasteiger charge is 2.30. The van der Waals surface area contributed by atoms with Crippen molar-refractivity contribution in [2.24, 2.45) is 5.92 Å². The van der Waals surface area contributed by atoms with E-state index in [2.05, 4.69) is 0 Å². The van der Waals surface area contributed by atoms with Crippen molar-refractivity contribution in [2.75, 3.05) is 0 Å². The van der Waals surface area contributed by atoms with E-state index in [1.54, 1.807) is 0 Å². The van der Waals surface area contributed by atoms with Gasteiger partial charge in [-0.2, -0.15) is 0 Å². The molecule has 1 rings (SSSR count). The Morgan fingerprint density at radius 2 is 1.94 bits per heavy atom. The van der Waals surface area contributed by atoms with E-state index in [1.807, 2.05) is 0 Å². The fourth-order valence-electron chi connectivity index (χ4n) is 2.24. The molecule has 92 valence electrons. The molecule has 4 heteroatoms. The summed E-state index contributed by atoms with van der Waals surface area (Å²) in [6.07, 6.45) is 5.17. The minimum Gasteiger partial charge on any atom is -0.481 e. The van der Waals surface area contributed by atoms with Gasteiger partial charge in [-0.15, -0.1) is 0 Å². The lowest BCUT2D eigenvalue weighted by atomic mass is 9.98. The zero-order chi connectivity index (χ0) is 12.0. The van der Waals surface area contributed by atoms with Crippen LogP contribution in [0.1, 0.15) is 51.4 Å². The number of ketones is 1. The Hall–Kier alpha value is -0.900. The summed E-state index contributed by atoms with van der Waals surface area (Å²) in [6.45, 7) is 0. The number of hydrogen-bond acceptors (Lipinski definition) is 3. The van der Waals surface area contributed by atoms with E-state index >= 15 is 0 Å². The molecule has 2 atom stereocenters. The largest absolute Gasteiger partial charge is 0.481 e. The molecule has 1 saturated carbocycles. The number of rotatable bonds is 7. The molecule has 0 saturated heterocycles. The van der Waals surface area contributed by atoms with Crippen molar-refractivity contribution < 1.29 is 19.8 Å². The van der Waals surface area contributed by atoms with Gasteiger partial charge >= 0.3 is 5.97 Å². The van der Waals surface area contributed by atoms with Gasteiger partial charge in [0.2, 0.25) is 0 Å². The van der Waals surface area contributed by atoms with Crippen LogP contribution in [0.3, 0.4) is 0 Å². The third-order valence-corrected chi connectivity index (χ3v) is 3.14. The summed E-state index contributed by atoms with van der Waals surface area (Å²) in [7, 11) is 0. The molecule has 0 spiro atoms. The summed E-state index contributed by atoms with van der Waals surface area (Å²) < 4.78 is 0. The van der Waals surface area contributed by atoms with Crippen LogP contribution in [-0.2, 0) is 9.59 Å². The summed E-state index contributed by atoms with van der Waals surface area (Å²) in [4.78, 5) is 21.6. The molecule has 0 aromatic carbocycles. The molecule has 1 fully saturated rings. The third kappa shape index (κ3) is 4.75. The molecule has 0 aromatic heterocycles. The molecule has 0 aliphatic heterocycles. The number of carbonyl (C=O) groups is 2. The minimum atomic E-state index is -0.742. The maximum Gasteiger partial charge on any atom is 0.303 e. The van der Waals surface area contributed by atoms with Gasteiger partial charge in [0, 0.05) is 18.8 Å². The number of aliphatic carboxylic acids is 1. The molecular weight excluding hydrogens is 208 g/mol. The van der Waals surface area contributed by atoms with E-state index in [1.165, 1.54) is 0 Å². The van der Waals surface area contributed by atoms with Crippen molar-refractivity contribution in [1.29, 1.82) is 0 Å². The van der Waals surface area contributed by atoms with E-state index in [0.29, 0.717) is 12.8 Å². The Morgan fingerprint density at radius 1 is 1.25 bits per heavy atom. The van der Waals surface area contributed by atoms with E-state index < -0.39 is 12.1 Å². The van der Waals surface area contributed by atoms with Gasteiger partial charge < -0.3 is 10.2 Å². The van der Waals surface area contributed by atoms with Crippen LogP contribution in [0.15, 0.2) is 0 Å². The Morgan fingerprint density at radius 3 is 2.50 bits per heavy atom. The maximum absolute atomic E-state index is 11.4. The van der Waals surface area contributed by atoms with Crippen molar-refractivity contribution in [3.63, 3.8) is 0 Å². The first kappa shape index (κ1) is 13.2. The molecule has 2 unspecified atom stereocenters. The first-order valence-electron chi connectivity index (χ1n) is 6.02. The lowest BCUT2D eigenvalue weighted by molar-refractivity contribution is -0.137. The molecule has 0 bridgehead atoms. The van der Waals surface area contributed by atoms with E-state index in [4.69, 9.17) is 5.11 Å². The molecule has 1 aliphatic rings. The van der Waals surface area contributed by atoms with Crippen LogP contribution >= 0.6 is 0 Å². The summed E-state index contributed by atoms with van der Waals surface area (Å²) >= 11 is 0. The monoisotopic (exact) mass is 228 g/mol. The number of carboxylic acids is 1. The molecule has 1 aliphatic carbocycles. The van der Waals surface area contributed by atoms with Crippen molar-refractivity contribution in [2.45, 2.75) is 57.5 Å². The number of hydrogen-bond donors (Lipinski definition) is 2. The Kier molecular flexibility index (Phi) is 5.46. The minimum absolute atomic E-state index is 0.0504. The standard InChI is InChI=1S/C12H20O4/c13-10-7-9(11(14)8-10)5-3-1-2-4-6-12(15)16/h9-10,13H,1-8H2,(H,15,16). The lowest BCUT2D eigenvalue weighted by Gasteiger charge is -2.06. The van der Waals surface area contributed by atoms with Crippen LogP contribution in [0.4, 0.5) is 0 Å². The highest BCUT2D eigenvalue weighted by Crippen LogP contribution is 2.26. The van der Waals surface area contributed by atoms with Gasteiger partial charge in [0.1, 0.15) is 5.78 Å². The normalized spacial score (nSPS) is 24.9. The van der Waals surface area contributed by atoms with Gasteiger partial charge in [0.15, 0.2) is 0 Å². The number of aliphatic hydroxyl groups excluding tert-OH is 1. The topological polar surface area (TPSA) is 74.6 Å². The predicted octanol–water partition coefficient (Wildman–Crippen LogP) is 1.75. The smallest absolute Gasteiger partial charge is 0.303 e. The second-order valence-corrected chi connectivity index (χ2v) is 4.60. The second kappa shape index (κ2) is 6.63. The number of Topliss-reactive ketones (excluding diaryl/α,β-unsaturated/α-hetero) is 1. The highest BCUT2D eigenvalue weighted by atomic mass is 16.4. The molecule has 16 heavy (non-hydrogen) atoms. The molecule has 0 amide bonds. The Bertz CT molecular complexity index is 249. The fraction of sp³-hybridized carbons (Fsp3) is 0.833. The average Bonchev–Trinajstić information content (AvgIpc) is 2.50. The number of carboxylic acid groups (broad SMARTS) is 1. The highest BCUT2D eigenvalue weighted by molar-refractivity contribution is 5.83. The summed E-state index contributed by atoms with van der Waals surface area (Å²) in [5.74, 6) is -0.499. The third-order valence-electron chi connectivity index (χ3n) is 3.14. The maximum atomic E-state index is 11.4. The van der Waals surface area contributed by atoms with Gasteiger partial charge in [0.05, 0.1) is 6.10 Å². The number of unbranched alkanes of at least 4 members (excludes halogenated alkanes) is 3. The van der Waals surface area contributed by atoms with Crippen molar-refractivity contribution in [1.82, 2.24) is 0 Å². The molecular formula is C12H20O4. The van der Waals surface area contributed by atoms with E-state index in [9.17, 15) is 14.7 Å². The van der Waals surface area contributed by atoms with E-state index in [0.717, 1.165) is 32.1 Å². The van der Waals surface area contributed by atoms with Crippen molar-refractivity contribution >= 4 is 11.8 Å². The number of carbonyl (C=O) groups excluding carboxylic acids is 1. The lowest BCUT2D eigenvalue weighted by Crippen LogP contribution is -2.05. The van der Waals surface area contributed by atoms with Gasteiger partial charge in [-0.1, -0.05) is 19.3 Å². The summed E-state index contributed by atoms with van der Waals surface area (Å²) in [5.41, 5.74) is 0. The van der Waals surface area contributed by atoms with Crippen LogP contribution in [-0.4, -0.2) is 28.1 Å². The SMILES string of the molecule is O=C(O)CCCCCCC1CC(O)CC1=O. The summed E-state index contributed by atoms with van der Waals surface area (Å²) in [6, 6.07) is 0. The first-order chi connectivity index (χ1) is 7.59. The Balaban J connectivity index is 1.99. The Labute approximate surface area is 95.7 Å². The van der Waals surface area contributed by atoms with Crippen LogP contribution < -0.4 is 0 Å². The van der Waals surface area contributed by atoms with Crippen LogP contribution in [0, 0.1) is 5.92 Å². The van der Waals surface area contributed by atoms with Crippen molar-refractivity contribution in [3.05, 3.63) is 0 Å². The molecule has 0 aromatic rings. The van der Waals surface area contributed by atoms with E-state index in [-0.39, 0.29) is 18.1 Å². The van der Waals surface area contributed by atoms with Gasteiger partial charge in [0.25, 0.3) is 0 Å². The number of aliphatic hydroxyl groups is 1. The quantitative estimate of drug-likeness (QED) is 0.651. The van der Waals surface area contributed by atoms with Crippen LogP contribution in [0.25, 0.3) is 0 Å². The van der Waals surface area contributed by atoms with Crippen LogP contribution in [0.5, 0.6) is 0 Å². The molecule has 0 heterocycles. The fourth-order valence-corrected chi connectivity index (χ4v) is 2.24. The molecule has 2 N–H and O–H groups in total. The second-order valence-electron chi connectivity index (χ2n) is 4.60. The first-order valence-corrected chi connectivity index (χ1v) is 6.02. The van der Waals surface area contributed by atoms with Crippen molar-refractivity contribution in [3.8, 4) is 0 Å². The molecule has 4 nitrogen and oxygen atoms in total. The summed E-state index contributed by atoms with van der Waals surface area (Å²) in [5, 5.41) is 17.7. The van der Waals surface area contributed by atoms with Gasteiger partial charge in [-0.05, 0) is 19.3 Å². The predicted molar refractivity (Wildman–Crippen MR) is 59.1 cm³/mol. The average molecular weight is 228 g/mol. The zero-order valence-corrected chi connectivity index (χ0v) is 9.52. The van der Waals surface area contributed by atoms with Crippen LogP contribution in [0.2, 0.25) is 0 Å². The zero-order valence-electron chi connectivity index (χ0n) is 9.52. The van der Waals surface area contributed by atoms with Gasteiger partial charge in [-0.3, -0.25) is 9.59 Å². The van der Waals surface area contributed by atoms with Gasteiger partial charge in [-0.25, -0.2) is 0 Å². The molecule has 0 radical (unpaired) electrons.